The molecule has 0 amide bonds. The normalized spacial score (nSPS) is 13.3. The van der Waals surface area contributed by atoms with Crippen LogP contribution < -0.4 is 4.73 Å². The summed E-state index contributed by atoms with van der Waals surface area (Å²) in [5.41, 5.74) is -0.351. The third-order valence-electron chi connectivity index (χ3n) is 2.10. The molecule has 1 aromatic heterocycles. The number of pyridine rings is 1. The van der Waals surface area contributed by atoms with Gasteiger partial charge in [-0.2, -0.15) is 5.26 Å². The fraction of sp³-hybridized carbons (Fsp3) is 0.400. The molecule has 1 aromatic rings. The van der Waals surface area contributed by atoms with E-state index in [2.05, 4.69) is 0 Å². The Morgan fingerprint density at radius 3 is 2.71 bits per heavy atom. The van der Waals surface area contributed by atoms with Gasteiger partial charge >= 0.3 is 0 Å². The van der Waals surface area contributed by atoms with Crippen molar-refractivity contribution in [2.45, 2.75) is 20.0 Å². The van der Waals surface area contributed by atoms with Gasteiger partial charge in [0.05, 0.1) is 17.0 Å². The summed E-state index contributed by atoms with van der Waals surface area (Å²) in [6, 6.07) is 5.28. The minimum atomic E-state index is -0.910. The van der Waals surface area contributed by atoms with Gasteiger partial charge in [0.1, 0.15) is 6.10 Å². The molecule has 0 radical (unpaired) electrons. The van der Waals surface area contributed by atoms with Crippen LogP contribution in [-0.4, -0.2) is 10.3 Å². The van der Waals surface area contributed by atoms with E-state index < -0.39 is 11.5 Å². The highest BCUT2D eigenvalue weighted by molar-refractivity contribution is 5.15. The molecule has 74 valence electrons. The van der Waals surface area contributed by atoms with Crippen molar-refractivity contribution in [3.63, 3.8) is 0 Å². The van der Waals surface area contributed by atoms with Crippen LogP contribution in [0.2, 0.25) is 0 Å². The summed E-state index contributed by atoms with van der Waals surface area (Å²) in [6.45, 7) is 3.29. The number of aliphatic hydroxyl groups is 1. The predicted octanol–water partition coefficient (Wildman–Crippen LogP) is 0.795. The Morgan fingerprint density at radius 1 is 1.57 bits per heavy atom. The molecule has 0 saturated carbocycles. The molecule has 0 aliphatic carbocycles. The number of nitrogens with zero attached hydrogens (tertiary/aromatic N) is 2. The molecule has 2 N–H and O–H groups in total. The number of hydrogen-bond donors (Lipinski definition) is 2. The third-order valence-corrected chi connectivity index (χ3v) is 2.10. The smallest absolute Gasteiger partial charge is 0.228 e. The highest BCUT2D eigenvalue weighted by Crippen LogP contribution is 2.31. The van der Waals surface area contributed by atoms with Gasteiger partial charge in [0.2, 0.25) is 12.4 Å². The standard InChI is InChI=1S/C10H13N2O2/c1-10(2,7-11)9(13)8-4-3-5-12(14)6-8/h3-6,9,13-14H,1-2H3/q+1. The maximum atomic E-state index is 9.83. The molecule has 4 heteroatoms. The lowest BCUT2D eigenvalue weighted by molar-refractivity contribution is -0.905. The van der Waals surface area contributed by atoms with Crippen molar-refractivity contribution in [2.75, 3.05) is 0 Å². The van der Waals surface area contributed by atoms with Crippen molar-refractivity contribution in [3.8, 4) is 6.07 Å². The highest BCUT2D eigenvalue weighted by Gasteiger charge is 2.30. The molecule has 0 fully saturated rings. The van der Waals surface area contributed by atoms with Crippen LogP contribution in [-0.2, 0) is 0 Å². The number of aliphatic hydroxyl groups excluding tert-OH is 1. The molecular weight excluding hydrogens is 180 g/mol. The number of hydrogen-bond acceptors (Lipinski definition) is 3. The molecule has 1 atom stereocenters. The van der Waals surface area contributed by atoms with Crippen LogP contribution in [0, 0.1) is 16.7 Å². The Kier molecular flexibility index (Phi) is 2.73. The van der Waals surface area contributed by atoms with Gasteiger partial charge in [-0.25, -0.2) is 0 Å². The Morgan fingerprint density at radius 2 is 2.21 bits per heavy atom. The van der Waals surface area contributed by atoms with Crippen molar-refractivity contribution in [1.82, 2.24) is 0 Å². The minimum Gasteiger partial charge on any atom is -0.387 e. The Balaban J connectivity index is 3.02. The first-order valence-corrected chi connectivity index (χ1v) is 4.27. The largest absolute Gasteiger partial charge is 0.387 e. The molecular formula is C10H13N2O2+. The van der Waals surface area contributed by atoms with Gasteiger partial charge in [-0.1, -0.05) is 0 Å². The van der Waals surface area contributed by atoms with E-state index in [1.807, 2.05) is 6.07 Å². The van der Waals surface area contributed by atoms with E-state index in [-0.39, 0.29) is 0 Å². The van der Waals surface area contributed by atoms with Gasteiger partial charge in [-0.15, -0.1) is 0 Å². The van der Waals surface area contributed by atoms with Crippen molar-refractivity contribution in [1.29, 1.82) is 5.26 Å². The molecule has 0 aliphatic heterocycles. The third kappa shape index (κ3) is 2.01. The first kappa shape index (κ1) is 10.5. The maximum Gasteiger partial charge on any atom is 0.228 e. The second kappa shape index (κ2) is 3.64. The molecule has 1 heterocycles. The minimum absolute atomic E-state index is 0.515. The van der Waals surface area contributed by atoms with E-state index in [4.69, 9.17) is 10.5 Å². The van der Waals surface area contributed by atoms with Crippen molar-refractivity contribution >= 4 is 0 Å². The number of rotatable bonds is 2. The lowest BCUT2D eigenvalue weighted by atomic mass is 9.85. The van der Waals surface area contributed by atoms with E-state index in [1.54, 1.807) is 26.0 Å². The Labute approximate surface area is 82.6 Å². The predicted molar refractivity (Wildman–Crippen MR) is 48.2 cm³/mol. The molecule has 1 rings (SSSR count). The van der Waals surface area contributed by atoms with Gasteiger partial charge in [-0.3, -0.25) is 5.21 Å². The zero-order chi connectivity index (χ0) is 10.8. The summed E-state index contributed by atoms with van der Waals surface area (Å²) in [5, 5.41) is 27.8. The van der Waals surface area contributed by atoms with Crippen molar-refractivity contribution in [3.05, 3.63) is 30.1 Å². The van der Waals surface area contributed by atoms with Gasteiger partial charge in [0.25, 0.3) is 0 Å². The van der Waals surface area contributed by atoms with Gasteiger partial charge in [0.15, 0.2) is 0 Å². The van der Waals surface area contributed by atoms with Crippen LogP contribution in [0.15, 0.2) is 24.5 Å². The van der Waals surface area contributed by atoms with Crippen LogP contribution in [0.5, 0.6) is 0 Å². The molecule has 0 bridgehead atoms. The number of nitriles is 1. The molecule has 1 unspecified atom stereocenters. The summed E-state index contributed by atoms with van der Waals surface area (Å²) < 4.78 is 0.853. The van der Waals surface area contributed by atoms with Crippen LogP contribution in [0.1, 0.15) is 25.5 Å². The lowest BCUT2D eigenvalue weighted by Crippen LogP contribution is -2.31. The monoisotopic (exact) mass is 193 g/mol. The fourth-order valence-electron chi connectivity index (χ4n) is 1.12. The average Bonchev–Trinajstić information content (AvgIpc) is 2.16. The van der Waals surface area contributed by atoms with Gasteiger partial charge in [0, 0.05) is 10.8 Å². The van der Waals surface area contributed by atoms with E-state index in [0.29, 0.717) is 5.56 Å². The highest BCUT2D eigenvalue weighted by atomic mass is 16.5. The van der Waals surface area contributed by atoms with Crippen molar-refractivity contribution < 1.29 is 15.0 Å². The van der Waals surface area contributed by atoms with E-state index >= 15 is 0 Å². The van der Waals surface area contributed by atoms with Gasteiger partial charge < -0.3 is 5.11 Å². The van der Waals surface area contributed by atoms with E-state index in [9.17, 15) is 5.11 Å². The summed E-state index contributed by atoms with van der Waals surface area (Å²) in [4.78, 5) is 0. The molecule has 0 spiro atoms. The van der Waals surface area contributed by atoms with Crippen LogP contribution in [0.3, 0.4) is 0 Å². The Hall–Kier alpha value is -1.60. The van der Waals surface area contributed by atoms with E-state index in [0.717, 1.165) is 4.73 Å². The fourth-order valence-corrected chi connectivity index (χ4v) is 1.12. The summed E-state index contributed by atoms with van der Waals surface area (Å²) >= 11 is 0. The van der Waals surface area contributed by atoms with Crippen LogP contribution in [0.4, 0.5) is 0 Å². The molecule has 4 nitrogen and oxygen atoms in total. The Bertz CT molecular complexity index is 369. The van der Waals surface area contributed by atoms with Crippen LogP contribution >= 0.6 is 0 Å². The molecule has 14 heavy (non-hydrogen) atoms. The first-order chi connectivity index (χ1) is 6.47. The topological polar surface area (TPSA) is 68.1 Å². The zero-order valence-electron chi connectivity index (χ0n) is 8.18. The SMILES string of the molecule is CC(C)(C#N)C(O)c1ccc[n+](O)c1. The van der Waals surface area contributed by atoms with Crippen molar-refractivity contribution in [2.24, 2.45) is 5.41 Å². The number of aromatic nitrogens is 1. The van der Waals surface area contributed by atoms with Crippen LogP contribution in [0.25, 0.3) is 0 Å². The van der Waals surface area contributed by atoms with E-state index in [1.165, 1.54) is 12.4 Å². The second-order valence-electron chi connectivity index (χ2n) is 3.75. The van der Waals surface area contributed by atoms with Gasteiger partial charge in [-0.05, 0) is 19.9 Å². The molecule has 0 aromatic carbocycles. The summed E-state index contributed by atoms with van der Waals surface area (Å²) in [7, 11) is 0. The summed E-state index contributed by atoms with van der Waals surface area (Å²) in [6.07, 6.45) is 1.91. The maximum absolute atomic E-state index is 9.83. The average molecular weight is 193 g/mol. The lowest BCUT2D eigenvalue weighted by Gasteiger charge is -2.21. The second-order valence-corrected chi connectivity index (χ2v) is 3.75. The quantitative estimate of drug-likeness (QED) is 0.539. The summed E-state index contributed by atoms with van der Waals surface area (Å²) in [5.74, 6) is 0. The zero-order valence-corrected chi connectivity index (χ0v) is 8.18. The first-order valence-electron chi connectivity index (χ1n) is 4.27. The molecule has 0 saturated heterocycles. The molecule has 0 aliphatic rings.